The number of halogens is 4. The van der Waals surface area contributed by atoms with Crippen molar-refractivity contribution >= 4 is 54.4 Å². The Kier molecular flexibility index (Phi) is 5.89. The zero-order chi connectivity index (χ0) is 25.0. The average molecular weight is 535 g/mol. The van der Waals surface area contributed by atoms with Crippen LogP contribution in [0.4, 0.5) is 18.9 Å². The fourth-order valence-electron chi connectivity index (χ4n) is 4.19. The van der Waals surface area contributed by atoms with Gasteiger partial charge in [0.15, 0.2) is 0 Å². The molecule has 3 aromatic carbocycles. The van der Waals surface area contributed by atoms with Gasteiger partial charge in [0.25, 0.3) is 10.0 Å². The van der Waals surface area contributed by atoms with Crippen molar-refractivity contribution in [2.24, 2.45) is 4.99 Å². The van der Waals surface area contributed by atoms with Crippen LogP contribution in [0.2, 0.25) is 5.02 Å². The monoisotopic (exact) mass is 534 g/mol. The van der Waals surface area contributed by atoms with Crippen molar-refractivity contribution in [3.63, 3.8) is 0 Å². The number of alkyl halides is 3. The molecule has 5 rings (SSSR count). The first-order valence-electron chi connectivity index (χ1n) is 10.6. The molecule has 0 saturated heterocycles. The Bertz CT molecular complexity index is 1610. The van der Waals surface area contributed by atoms with Crippen LogP contribution in [0.25, 0.3) is 10.1 Å². The lowest BCUT2D eigenvalue weighted by Gasteiger charge is -2.19. The van der Waals surface area contributed by atoms with Gasteiger partial charge in [-0.25, -0.2) is 8.42 Å². The normalized spacial score (nSPS) is 14.0. The molecule has 0 amide bonds. The van der Waals surface area contributed by atoms with E-state index in [1.807, 2.05) is 0 Å². The highest BCUT2D eigenvalue weighted by Crippen LogP contribution is 2.37. The van der Waals surface area contributed by atoms with Gasteiger partial charge in [-0.15, -0.1) is 11.3 Å². The second kappa shape index (κ2) is 8.65. The van der Waals surface area contributed by atoms with Crippen LogP contribution in [0.15, 0.2) is 69.9 Å². The van der Waals surface area contributed by atoms with E-state index in [9.17, 15) is 21.6 Å². The van der Waals surface area contributed by atoms with E-state index in [-0.39, 0.29) is 4.21 Å². The third-order valence-corrected chi connectivity index (χ3v) is 9.34. The van der Waals surface area contributed by atoms with Gasteiger partial charge < -0.3 is 0 Å². The third kappa shape index (κ3) is 4.55. The molecule has 1 aliphatic rings. The van der Waals surface area contributed by atoms with Crippen LogP contribution < -0.4 is 4.72 Å². The summed E-state index contributed by atoms with van der Waals surface area (Å²) in [7, 11) is -3.89. The van der Waals surface area contributed by atoms with Crippen LogP contribution in [0, 0.1) is 6.92 Å². The molecule has 1 aliphatic heterocycles. The molecule has 0 aliphatic carbocycles. The molecule has 4 nitrogen and oxygen atoms in total. The van der Waals surface area contributed by atoms with E-state index in [0.29, 0.717) is 51.6 Å². The fraction of sp³-hybridized carbons (Fsp3) is 0.160. The summed E-state index contributed by atoms with van der Waals surface area (Å²) < 4.78 is 69.5. The number of nitrogens with zero attached hydrogens (tertiary/aromatic N) is 1. The highest BCUT2D eigenvalue weighted by molar-refractivity contribution is 7.94. The molecule has 35 heavy (non-hydrogen) atoms. The number of aliphatic imine (C=N–C) groups is 1. The second-order valence-electron chi connectivity index (χ2n) is 8.19. The quantitative estimate of drug-likeness (QED) is 0.304. The maximum atomic E-state index is 13.2. The number of benzene rings is 3. The number of fused-ring (bicyclic) bond motifs is 2. The molecular weight excluding hydrogens is 517 g/mol. The van der Waals surface area contributed by atoms with E-state index >= 15 is 0 Å². The van der Waals surface area contributed by atoms with Crippen LogP contribution in [-0.4, -0.2) is 20.7 Å². The number of aryl methyl sites for hydroxylation is 1. The molecule has 0 bridgehead atoms. The summed E-state index contributed by atoms with van der Waals surface area (Å²) >= 11 is 7.23. The van der Waals surface area contributed by atoms with Crippen molar-refractivity contribution in [1.82, 2.24) is 0 Å². The van der Waals surface area contributed by atoms with Crippen LogP contribution in [0.5, 0.6) is 0 Å². The SMILES string of the molecule is Cc1c(S(=O)(=O)Nc2cccc(C3=NCCc4cc(C(F)(F)F)ccc43)c2)sc2ccc(Cl)cc12. The molecule has 2 heterocycles. The number of sulfonamides is 1. The molecule has 10 heteroatoms. The summed E-state index contributed by atoms with van der Waals surface area (Å²) in [6, 6.07) is 15.6. The molecule has 1 N–H and O–H groups in total. The number of anilines is 1. The summed E-state index contributed by atoms with van der Waals surface area (Å²) in [5, 5.41) is 1.31. The van der Waals surface area contributed by atoms with E-state index in [0.717, 1.165) is 33.6 Å². The molecule has 0 unspecified atom stereocenters. The van der Waals surface area contributed by atoms with Crippen molar-refractivity contribution in [2.75, 3.05) is 11.3 Å². The highest BCUT2D eigenvalue weighted by atomic mass is 35.5. The average Bonchev–Trinajstić information content (AvgIpc) is 3.14. The Morgan fingerprint density at radius 2 is 1.86 bits per heavy atom. The van der Waals surface area contributed by atoms with Crippen molar-refractivity contribution in [3.05, 3.63) is 93.5 Å². The maximum absolute atomic E-state index is 13.2. The van der Waals surface area contributed by atoms with Gasteiger partial charge in [0.05, 0.1) is 11.3 Å². The molecule has 180 valence electrons. The molecule has 0 fully saturated rings. The predicted molar refractivity (Wildman–Crippen MR) is 134 cm³/mol. The van der Waals surface area contributed by atoms with Crippen LogP contribution in [0.1, 0.15) is 27.8 Å². The summed E-state index contributed by atoms with van der Waals surface area (Å²) in [6.07, 6.45) is -4.01. The Morgan fingerprint density at radius 1 is 1.06 bits per heavy atom. The van der Waals surface area contributed by atoms with Gasteiger partial charge >= 0.3 is 6.18 Å². The number of thiophene rings is 1. The Labute approximate surface area is 209 Å². The van der Waals surface area contributed by atoms with Crippen LogP contribution in [0.3, 0.4) is 0 Å². The van der Waals surface area contributed by atoms with E-state index in [1.54, 1.807) is 49.4 Å². The molecule has 1 aromatic heterocycles. The zero-order valence-corrected chi connectivity index (χ0v) is 20.7. The zero-order valence-electron chi connectivity index (χ0n) is 18.3. The number of hydrogen-bond donors (Lipinski definition) is 1. The summed E-state index contributed by atoms with van der Waals surface area (Å²) in [5.41, 5.74) is 2.58. The van der Waals surface area contributed by atoms with Gasteiger partial charge in [0, 0.05) is 33.1 Å². The minimum atomic E-state index is -4.42. The lowest BCUT2D eigenvalue weighted by atomic mass is 9.91. The number of hydrogen-bond acceptors (Lipinski definition) is 4. The summed E-state index contributed by atoms with van der Waals surface area (Å²) in [6.45, 7) is 2.09. The number of rotatable bonds is 4. The Morgan fingerprint density at radius 3 is 2.63 bits per heavy atom. The Balaban J connectivity index is 1.48. The minimum absolute atomic E-state index is 0.195. The van der Waals surface area contributed by atoms with Gasteiger partial charge in [-0.3, -0.25) is 9.71 Å². The first-order chi connectivity index (χ1) is 16.5. The molecule has 0 saturated carbocycles. The van der Waals surface area contributed by atoms with Gasteiger partial charge in [-0.2, -0.15) is 13.2 Å². The van der Waals surface area contributed by atoms with Gasteiger partial charge in [0.2, 0.25) is 0 Å². The van der Waals surface area contributed by atoms with Crippen molar-refractivity contribution in [2.45, 2.75) is 23.7 Å². The molecule has 0 radical (unpaired) electrons. The molecule has 0 spiro atoms. The summed E-state index contributed by atoms with van der Waals surface area (Å²) in [5.74, 6) is 0. The topological polar surface area (TPSA) is 58.5 Å². The first-order valence-corrected chi connectivity index (χ1v) is 13.3. The van der Waals surface area contributed by atoms with E-state index in [1.165, 1.54) is 6.07 Å². The van der Waals surface area contributed by atoms with Gasteiger partial charge in [-0.1, -0.05) is 29.8 Å². The maximum Gasteiger partial charge on any atom is 0.416 e. The third-order valence-electron chi connectivity index (χ3n) is 5.83. The van der Waals surface area contributed by atoms with Gasteiger partial charge in [0.1, 0.15) is 4.21 Å². The fourth-order valence-corrected chi connectivity index (χ4v) is 7.16. The molecular formula is C25H18ClF3N2O2S2. The highest BCUT2D eigenvalue weighted by Gasteiger charge is 2.32. The minimum Gasteiger partial charge on any atom is -0.284 e. The standard InChI is InChI=1S/C25H18ClF3N2O2S2/c1-14-21-13-18(26)6-8-22(21)34-24(14)35(32,33)31-19-4-2-3-16(12-19)23-20-7-5-17(25(27,28)29)11-15(20)9-10-30-23/h2-8,11-13,31H,9-10H2,1H3. The van der Waals surface area contributed by atoms with E-state index < -0.39 is 21.8 Å². The molecule has 4 aromatic rings. The van der Waals surface area contributed by atoms with Crippen LogP contribution in [-0.2, 0) is 22.6 Å². The lowest BCUT2D eigenvalue weighted by Crippen LogP contribution is -2.17. The van der Waals surface area contributed by atoms with E-state index in [2.05, 4.69) is 9.71 Å². The lowest BCUT2D eigenvalue weighted by molar-refractivity contribution is -0.137. The van der Waals surface area contributed by atoms with Crippen molar-refractivity contribution < 1.29 is 21.6 Å². The largest absolute Gasteiger partial charge is 0.416 e. The first kappa shape index (κ1) is 23.8. The molecule has 0 atom stereocenters. The summed E-state index contributed by atoms with van der Waals surface area (Å²) in [4.78, 5) is 4.53. The Hall–Kier alpha value is -2.88. The number of nitrogens with one attached hydrogen (secondary N) is 1. The van der Waals surface area contributed by atoms with Crippen LogP contribution >= 0.6 is 22.9 Å². The predicted octanol–water partition coefficient (Wildman–Crippen LogP) is 7.08. The van der Waals surface area contributed by atoms with E-state index in [4.69, 9.17) is 11.6 Å². The van der Waals surface area contributed by atoms with Gasteiger partial charge in [-0.05, 0) is 72.3 Å². The smallest absolute Gasteiger partial charge is 0.284 e. The van der Waals surface area contributed by atoms with Crippen molar-refractivity contribution in [1.29, 1.82) is 0 Å². The second-order valence-corrected chi connectivity index (χ2v) is 11.6. The van der Waals surface area contributed by atoms with Crippen molar-refractivity contribution in [3.8, 4) is 0 Å².